The molecule has 1 aliphatic rings. The van der Waals surface area contributed by atoms with Gasteiger partial charge >= 0.3 is 5.69 Å². The van der Waals surface area contributed by atoms with Crippen molar-refractivity contribution in [2.45, 2.75) is 15.5 Å². The zero-order valence-corrected chi connectivity index (χ0v) is 18.6. The van der Waals surface area contributed by atoms with Gasteiger partial charge in [0.15, 0.2) is 15.6 Å². The summed E-state index contributed by atoms with van der Waals surface area (Å²) in [4.78, 5) is 23.0. The summed E-state index contributed by atoms with van der Waals surface area (Å²) in [6.45, 7) is 0. The highest BCUT2D eigenvalue weighted by Crippen LogP contribution is 2.41. The Kier molecular flexibility index (Phi) is 6.11. The molecule has 12 heteroatoms. The molecule has 0 aliphatic carbocycles. The lowest BCUT2D eigenvalue weighted by molar-refractivity contribution is -0.385. The zero-order chi connectivity index (χ0) is 24.6. The first-order chi connectivity index (χ1) is 16.0. The summed E-state index contributed by atoms with van der Waals surface area (Å²) in [6.07, 6.45) is 1.35. The number of phenolic OH excluding ortho intramolecular Hbond substituents is 1. The van der Waals surface area contributed by atoms with Gasteiger partial charge < -0.3 is 10.4 Å². The number of nitrogens with one attached hydrogen (secondary N) is 1. The number of aromatic hydroxyl groups is 1. The Hall–Kier alpha value is -3.77. The second-order valence-electron chi connectivity index (χ2n) is 7.19. The predicted octanol–water partition coefficient (Wildman–Crippen LogP) is 4.64. The number of sulfone groups is 1. The number of nitrogens with zero attached hydrogens (tertiary/aromatic N) is 1. The fourth-order valence-corrected chi connectivity index (χ4v) is 5.66. The monoisotopic (exact) mass is 504 g/mol. The van der Waals surface area contributed by atoms with Crippen LogP contribution < -0.4 is 5.32 Å². The molecule has 0 bridgehead atoms. The lowest BCUT2D eigenvalue weighted by Crippen LogP contribution is -2.18. The molecule has 0 radical (unpaired) electrons. The molecule has 1 amide bonds. The van der Waals surface area contributed by atoms with Crippen LogP contribution in [-0.2, 0) is 20.4 Å². The van der Waals surface area contributed by atoms with Crippen LogP contribution in [0.2, 0.25) is 0 Å². The third-order valence-electron chi connectivity index (χ3n) is 4.89. The minimum atomic E-state index is -4.13. The van der Waals surface area contributed by atoms with E-state index >= 15 is 0 Å². The summed E-state index contributed by atoms with van der Waals surface area (Å²) in [5.74, 6) is -3.88. The highest BCUT2D eigenvalue weighted by atomic mass is 32.2. The maximum Gasteiger partial charge on any atom is 0.311 e. The lowest BCUT2D eigenvalue weighted by Gasteiger charge is -2.19. The molecule has 8 nitrogen and oxygen atoms in total. The fourth-order valence-electron chi connectivity index (χ4n) is 3.20. The van der Waals surface area contributed by atoms with Crippen molar-refractivity contribution >= 4 is 45.0 Å². The summed E-state index contributed by atoms with van der Waals surface area (Å²) >= 11 is 0.925. The SMILES string of the molecule is O=C1Nc2ccc(S(=O)(=O)Cc3c(F)cccc3F)cc2SC1=Cc1ccc(O)c([N+](=O)[O-])c1. The second kappa shape index (κ2) is 8.88. The third kappa shape index (κ3) is 4.63. The minimum absolute atomic E-state index is 0.113. The van der Waals surface area contributed by atoms with Crippen LogP contribution in [0.5, 0.6) is 5.75 Å². The van der Waals surface area contributed by atoms with Crippen LogP contribution in [0.3, 0.4) is 0 Å². The van der Waals surface area contributed by atoms with Crippen LogP contribution in [0.25, 0.3) is 6.08 Å². The molecule has 0 fully saturated rings. The molecule has 0 aromatic heterocycles. The largest absolute Gasteiger partial charge is 0.502 e. The van der Waals surface area contributed by atoms with Gasteiger partial charge in [-0.1, -0.05) is 23.9 Å². The number of amides is 1. The number of phenols is 1. The standard InChI is InChI=1S/C22H14F2N2O6S2/c23-15-2-1-3-16(24)14(15)11-34(31,32)13-5-6-17-20(10-13)33-21(22(28)25-17)9-12-4-7-19(27)18(8-12)26(29)30/h1-10,27H,11H2,(H,25,28). The first-order valence-electron chi connectivity index (χ1n) is 9.53. The molecule has 2 N–H and O–H groups in total. The van der Waals surface area contributed by atoms with Gasteiger partial charge in [-0.15, -0.1) is 0 Å². The smallest absolute Gasteiger partial charge is 0.311 e. The number of benzene rings is 3. The van der Waals surface area contributed by atoms with Crippen molar-refractivity contribution < 1.29 is 32.0 Å². The summed E-state index contributed by atoms with van der Waals surface area (Å²) in [7, 11) is -4.13. The van der Waals surface area contributed by atoms with E-state index in [2.05, 4.69) is 5.32 Å². The Balaban J connectivity index is 1.67. The molecule has 34 heavy (non-hydrogen) atoms. The molecule has 0 spiro atoms. The number of rotatable bonds is 5. The number of fused-ring (bicyclic) bond motifs is 1. The maximum absolute atomic E-state index is 14.0. The molecule has 1 aliphatic heterocycles. The van der Waals surface area contributed by atoms with Crippen LogP contribution in [0, 0.1) is 21.7 Å². The number of carbonyl (C=O) groups excluding carboxylic acids is 1. The van der Waals surface area contributed by atoms with Gasteiger partial charge in [-0.3, -0.25) is 14.9 Å². The van der Waals surface area contributed by atoms with Gasteiger partial charge in [0.1, 0.15) is 11.6 Å². The topological polar surface area (TPSA) is 127 Å². The fraction of sp³-hybridized carbons (Fsp3) is 0.0455. The van der Waals surface area contributed by atoms with Crippen molar-refractivity contribution in [3.63, 3.8) is 0 Å². The van der Waals surface area contributed by atoms with Crippen LogP contribution in [0.1, 0.15) is 11.1 Å². The van der Waals surface area contributed by atoms with E-state index in [1.807, 2.05) is 0 Å². The minimum Gasteiger partial charge on any atom is -0.502 e. The van der Waals surface area contributed by atoms with Gasteiger partial charge in [0.25, 0.3) is 5.91 Å². The molecule has 0 saturated carbocycles. The first-order valence-corrected chi connectivity index (χ1v) is 12.0. The first kappa shape index (κ1) is 23.4. The number of hydrogen-bond donors (Lipinski definition) is 2. The van der Waals surface area contributed by atoms with Gasteiger partial charge in [-0.25, -0.2) is 17.2 Å². The number of nitro benzene ring substituents is 1. The maximum atomic E-state index is 14.0. The summed E-state index contributed by atoms with van der Waals surface area (Å²) in [6, 6.07) is 10.5. The van der Waals surface area contributed by atoms with E-state index in [0.29, 0.717) is 10.6 Å². The molecular weight excluding hydrogens is 490 g/mol. The lowest BCUT2D eigenvalue weighted by atomic mass is 10.1. The predicted molar refractivity (Wildman–Crippen MR) is 121 cm³/mol. The molecular formula is C22H14F2N2O6S2. The molecule has 0 unspecified atom stereocenters. The Morgan fingerprint density at radius 1 is 1.09 bits per heavy atom. The number of carbonyl (C=O) groups is 1. The Labute approximate surface area is 196 Å². The Bertz CT molecular complexity index is 1470. The van der Waals surface area contributed by atoms with Crippen molar-refractivity contribution in [3.8, 4) is 5.75 Å². The van der Waals surface area contributed by atoms with E-state index in [-0.39, 0.29) is 15.4 Å². The second-order valence-corrected chi connectivity index (χ2v) is 10.3. The average molecular weight is 504 g/mol. The number of halogens is 2. The van der Waals surface area contributed by atoms with Gasteiger partial charge in [0.05, 0.1) is 26.2 Å². The average Bonchev–Trinajstić information content (AvgIpc) is 2.77. The van der Waals surface area contributed by atoms with Crippen LogP contribution >= 0.6 is 11.8 Å². The van der Waals surface area contributed by atoms with Crippen molar-refractivity contribution in [2.24, 2.45) is 0 Å². The normalized spacial score (nSPS) is 14.5. The van der Waals surface area contributed by atoms with E-state index < -0.39 is 55.1 Å². The van der Waals surface area contributed by atoms with Gasteiger partial charge in [0, 0.05) is 16.5 Å². The van der Waals surface area contributed by atoms with Crippen molar-refractivity contribution in [3.05, 3.63) is 92.4 Å². The summed E-state index contributed by atoms with van der Waals surface area (Å²) in [5, 5.41) is 23.2. The molecule has 4 rings (SSSR count). The number of nitro groups is 1. The van der Waals surface area contributed by atoms with Crippen molar-refractivity contribution in [1.29, 1.82) is 0 Å². The number of thioether (sulfide) groups is 1. The molecule has 3 aromatic carbocycles. The van der Waals surface area contributed by atoms with E-state index in [0.717, 1.165) is 42.1 Å². The quantitative estimate of drug-likeness (QED) is 0.294. The van der Waals surface area contributed by atoms with E-state index in [4.69, 9.17) is 0 Å². The highest BCUT2D eigenvalue weighted by molar-refractivity contribution is 8.04. The molecule has 3 aromatic rings. The van der Waals surface area contributed by atoms with Crippen LogP contribution in [0.15, 0.2) is 69.3 Å². The van der Waals surface area contributed by atoms with E-state index in [1.165, 1.54) is 30.3 Å². The molecule has 174 valence electrons. The Morgan fingerprint density at radius 3 is 2.47 bits per heavy atom. The third-order valence-corrected chi connectivity index (χ3v) is 7.62. The Morgan fingerprint density at radius 2 is 1.79 bits per heavy atom. The van der Waals surface area contributed by atoms with E-state index in [1.54, 1.807) is 0 Å². The van der Waals surface area contributed by atoms with Crippen LogP contribution in [-0.4, -0.2) is 24.4 Å². The van der Waals surface area contributed by atoms with Gasteiger partial charge in [0.2, 0.25) is 0 Å². The summed E-state index contributed by atoms with van der Waals surface area (Å²) < 4.78 is 53.6. The number of anilines is 1. The van der Waals surface area contributed by atoms with E-state index in [9.17, 15) is 37.2 Å². The van der Waals surface area contributed by atoms with Gasteiger partial charge in [-0.2, -0.15) is 0 Å². The van der Waals surface area contributed by atoms with Gasteiger partial charge in [-0.05, 0) is 48.0 Å². The number of hydrogen-bond acceptors (Lipinski definition) is 7. The van der Waals surface area contributed by atoms with Crippen molar-refractivity contribution in [2.75, 3.05) is 5.32 Å². The van der Waals surface area contributed by atoms with Crippen molar-refractivity contribution in [1.82, 2.24) is 0 Å². The van der Waals surface area contributed by atoms with Crippen LogP contribution in [0.4, 0.5) is 20.2 Å². The molecule has 1 heterocycles. The highest BCUT2D eigenvalue weighted by Gasteiger charge is 2.26. The molecule has 0 saturated heterocycles. The zero-order valence-electron chi connectivity index (χ0n) is 17.0. The summed E-state index contributed by atoms with van der Waals surface area (Å²) in [5.41, 5.74) is -0.510. The molecule has 0 atom stereocenters.